The van der Waals surface area contributed by atoms with Crippen LogP contribution in [-0.4, -0.2) is 50.1 Å². The molecule has 100 valence electrons. The summed E-state index contributed by atoms with van der Waals surface area (Å²) >= 11 is 0. The average Bonchev–Trinajstić information content (AvgIpc) is 2.35. The number of ether oxygens (including phenoxy) is 1. The minimum absolute atomic E-state index is 0.258. The topological polar surface area (TPSA) is 15.7 Å². The molecule has 0 saturated carbocycles. The first kappa shape index (κ1) is 13.3. The zero-order valence-corrected chi connectivity index (χ0v) is 11.3. The molecule has 1 atom stereocenters. The van der Waals surface area contributed by atoms with Gasteiger partial charge in [0.25, 0.3) is 0 Å². The Labute approximate surface area is 108 Å². The third-order valence-corrected chi connectivity index (χ3v) is 3.49. The molecule has 1 aliphatic heterocycles. The van der Waals surface area contributed by atoms with E-state index in [4.69, 9.17) is 4.74 Å². The Bertz CT molecular complexity index is 411. The molecule has 0 aromatic heterocycles. The first-order valence-electron chi connectivity index (χ1n) is 6.43. The van der Waals surface area contributed by atoms with E-state index in [2.05, 4.69) is 23.9 Å². The number of likely N-dealkylation sites (N-methyl/N-ethyl adjacent to an activating group) is 2. The largest absolute Gasteiger partial charge is 0.491 e. The molecule has 0 aliphatic carbocycles. The van der Waals surface area contributed by atoms with Gasteiger partial charge in [0.05, 0.1) is 6.61 Å². The molecule has 1 aromatic rings. The van der Waals surface area contributed by atoms with Gasteiger partial charge in [0.2, 0.25) is 0 Å². The normalized spacial score (nSPS) is 22.1. The highest BCUT2D eigenvalue weighted by atomic mass is 19.1. The van der Waals surface area contributed by atoms with E-state index in [0.717, 1.165) is 25.2 Å². The van der Waals surface area contributed by atoms with Crippen LogP contribution in [0.1, 0.15) is 18.5 Å². The minimum Gasteiger partial charge on any atom is -0.491 e. The Morgan fingerprint density at radius 3 is 2.78 bits per heavy atom. The van der Waals surface area contributed by atoms with E-state index in [0.29, 0.717) is 12.4 Å². The second-order valence-corrected chi connectivity index (χ2v) is 4.88. The van der Waals surface area contributed by atoms with Gasteiger partial charge in [0.1, 0.15) is 0 Å². The van der Waals surface area contributed by atoms with Crippen molar-refractivity contribution >= 4 is 0 Å². The lowest BCUT2D eigenvalue weighted by Crippen LogP contribution is -2.44. The summed E-state index contributed by atoms with van der Waals surface area (Å²) in [5, 5.41) is 0. The molecule has 1 fully saturated rings. The van der Waals surface area contributed by atoms with Gasteiger partial charge in [-0.1, -0.05) is 6.07 Å². The molecule has 4 heteroatoms. The van der Waals surface area contributed by atoms with Gasteiger partial charge in [-0.15, -0.1) is 0 Å². The lowest BCUT2D eigenvalue weighted by atomic mass is 10.0. The predicted molar refractivity (Wildman–Crippen MR) is 70.4 cm³/mol. The number of benzene rings is 1. The first-order valence-corrected chi connectivity index (χ1v) is 6.43. The van der Waals surface area contributed by atoms with Gasteiger partial charge in [-0.05, 0) is 38.7 Å². The van der Waals surface area contributed by atoms with E-state index < -0.39 is 0 Å². The second kappa shape index (κ2) is 5.67. The maximum Gasteiger partial charge on any atom is 0.165 e. The number of hydrogen-bond donors (Lipinski definition) is 0. The summed E-state index contributed by atoms with van der Waals surface area (Å²) in [4.78, 5) is 4.55. The maximum atomic E-state index is 13.9. The van der Waals surface area contributed by atoms with E-state index in [1.165, 1.54) is 0 Å². The Kier molecular flexibility index (Phi) is 4.19. The van der Waals surface area contributed by atoms with Gasteiger partial charge in [-0.3, -0.25) is 4.90 Å². The summed E-state index contributed by atoms with van der Waals surface area (Å²) in [5.41, 5.74) is 1.02. The van der Waals surface area contributed by atoms with Gasteiger partial charge < -0.3 is 9.64 Å². The molecule has 1 heterocycles. The van der Waals surface area contributed by atoms with Crippen LogP contribution in [0.3, 0.4) is 0 Å². The number of hydrogen-bond acceptors (Lipinski definition) is 3. The van der Waals surface area contributed by atoms with Crippen molar-refractivity contribution in [2.24, 2.45) is 0 Å². The quantitative estimate of drug-likeness (QED) is 0.819. The third kappa shape index (κ3) is 2.82. The van der Waals surface area contributed by atoms with E-state index in [1.54, 1.807) is 12.1 Å². The van der Waals surface area contributed by atoms with Crippen LogP contribution in [0.25, 0.3) is 0 Å². The van der Waals surface area contributed by atoms with Crippen molar-refractivity contribution in [1.82, 2.24) is 9.80 Å². The molecule has 0 radical (unpaired) electrons. The molecular weight excluding hydrogens is 231 g/mol. The fourth-order valence-electron chi connectivity index (χ4n) is 2.37. The summed E-state index contributed by atoms with van der Waals surface area (Å²) in [6.45, 7) is 5.35. The highest BCUT2D eigenvalue weighted by molar-refractivity contribution is 5.31. The zero-order valence-electron chi connectivity index (χ0n) is 11.3. The van der Waals surface area contributed by atoms with Gasteiger partial charge >= 0.3 is 0 Å². The van der Waals surface area contributed by atoms with E-state index in [1.807, 2.05) is 13.0 Å². The van der Waals surface area contributed by atoms with Crippen LogP contribution in [-0.2, 0) is 0 Å². The third-order valence-electron chi connectivity index (χ3n) is 3.49. The van der Waals surface area contributed by atoms with Crippen LogP contribution in [0.4, 0.5) is 4.39 Å². The molecule has 1 unspecified atom stereocenters. The Morgan fingerprint density at radius 1 is 1.33 bits per heavy atom. The van der Waals surface area contributed by atoms with E-state index in [9.17, 15) is 4.39 Å². The maximum absolute atomic E-state index is 13.9. The van der Waals surface area contributed by atoms with Crippen LogP contribution in [0.5, 0.6) is 5.75 Å². The average molecular weight is 252 g/mol. The standard InChI is InChI=1S/C14H21FN2O/c1-4-18-14-6-5-11(9-12(14)15)13-10-16(2)7-8-17(13)3/h5-6,9,13H,4,7-8,10H2,1-3H3. The van der Waals surface area contributed by atoms with Crippen molar-refractivity contribution < 1.29 is 9.13 Å². The highest BCUT2D eigenvalue weighted by Gasteiger charge is 2.24. The molecule has 0 bridgehead atoms. The van der Waals surface area contributed by atoms with E-state index in [-0.39, 0.29) is 11.9 Å². The summed E-state index contributed by atoms with van der Waals surface area (Å²) in [6.07, 6.45) is 0. The molecule has 0 N–H and O–H groups in total. The zero-order chi connectivity index (χ0) is 13.1. The molecule has 2 rings (SSSR count). The molecular formula is C14H21FN2O. The van der Waals surface area contributed by atoms with E-state index >= 15 is 0 Å². The first-order chi connectivity index (χ1) is 8.61. The molecule has 0 spiro atoms. The van der Waals surface area contributed by atoms with Crippen molar-refractivity contribution in [2.45, 2.75) is 13.0 Å². The van der Waals surface area contributed by atoms with Crippen molar-refractivity contribution in [2.75, 3.05) is 40.3 Å². The number of piperazine rings is 1. The van der Waals surface area contributed by atoms with Crippen molar-refractivity contribution in [3.05, 3.63) is 29.6 Å². The molecule has 1 saturated heterocycles. The lowest BCUT2D eigenvalue weighted by molar-refractivity contribution is 0.115. The van der Waals surface area contributed by atoms with Gasteiger partial charge in [0.15, 0.2) is 11.6 Å². The second-order valence-electron chi connectivity index (χ2n) is 4.88. The van der Waals surface area contributed by atoms with Crippen molar-refractivity contribution in [3.63, 3.8) is 0 Å². The van der Waals surface area contributed by atoms with Crippen LogP contribution in [0.15, 0.2) is 18.2 Å². The van der Waals surface area contributed by atoms with Crippen LogP contribution >= 0.6 is 0 Å². The monoisotopic (exact) mass is 252 g/mol. The Balaban J connectivity index is 2.19. The number of rotatable bonds is 3. The van der Waals surface area contributed by atoms with Crippen molar-refractivity contribution in [3.8, 4) is 5.75 Å². The van der Waals surface area contributed by atoms with Gasteiger partial charge in [0, 0.05) is 25.7 Å². The number of halogens is 1. The molecule has 1 aliphatic rings. The van der Waals surface area contributed by atoms with Gasteiger partial charge in [-0.25, -0.2) is 4.39 Å². The number of nitrogens with zero attached hydrogens (tertiary/aromatic N) is 2. The summed E-state index contributed by atoms with van der Waals surface area (Å²) in [5.74, 6) is 0.0732. The molecule has 18 heavy (non-hydrogen) atoms. The van der Waals surface area contributed by atoms with Crippen LogP contribution in [0, 0.1) is 5.82 Å². The molecule has 0 amide bonds. The Hall–Kier alpha value is -1.13. The lowest BCUT2D eigenvalue weighted by Gasteiger charge is -2.38. The Morgan fingerprint density at radius 2 is 2.11 bits per heavy atom. The SMILES string of the molecule is CCOc1ccc(C2CN(C)CCN2C)cc1F. The summed E-state index contributed by atoms with van der Waals surface area (Å²) in [7, 11) is 4.19. The smallest absolute Gasteiger partial charge is 0.165 e. The molecule has 3 nitrogen and oxygen atoms in total. The molecule has 1 aromatic carbocycles. The highest BCUT2D eigenvalue weighted by Crippen LogP contribution is 2.27. The van der Waals surface area contributed by atoms with Crippen LogP contribution in [0.2, 0.25) is 0 Å². The predicted octanol–water partition coefficient (Wildman–Crippen LogP) is 2.14. The van der Waals surface area contributed by atoms with Gasteiger partial charge in [-0.2, -0.15) is 0 Å². The van der Waals surface area contributed by atoms with Crippen molar-refractivity contribution in [1.29, 1.82) is 0 Å². The minimum atomic E-state index is -0.268. The van der Waals surface area contributed by atoms with Crippen LogP contribution < -0.4 is 4.74 Å². The fourth-order valence-corrected chi connectivity index (χ4v) is 2.37. The fraction of sp³-hybridized carbons (Fsp3) is 0.571. The summed E-state index contributed by atoms with van der Waals surface area (Å²) < 4.78 is 19.1. The summed E-state index contributed by atoms with van der Waals surface area (Å²) in [6, 6.07) is 5.56.